The molecule has 0 aromatic carbocycles. The number of sulfonamides is 1. The molecule has 0 bridgehead atoms. The van der Waals surface area contributed by atoms with Gasteiger partial charge in [0.25, 0.3) is 0 Å². The maximum atomic E-state index is 11.9. The number of hydrogen-bond acceptors (Lipinski definition) is 5. The number of rotatable bonds is 5. The van der Waals surface area contributed by atoms with E-state index in [0.717, 1.165) is 11.3 Å². The van der Waals surface area contributed by atoms with Crippen molar-refractivity contribution in [2.45, 2.75) is 16.7 Å². The third kappa shape index (κ3) is 2.99. The van der Waals surface area contributed by atoms with Crippen molar-refractivity contribution in [2.75, 3.05) is 6.54 Å². The Kier molecular flexibility index (Phi) is 3.88. The van der Waals surface area contributed by atoms with E-state index >= 15 is 0 Å². The first-order valence-electron chi connectivity index (χ1n) is 5.20. The zero-order valence-corrected chi connectivity index (χ0v) is 12.1. The van der Waals surface area contributed by atoms with Crippen molar-refractivity contribution in [3.05, 3.63) is 39.9 Å². The highest BCUT2D eigenvalue weighted by Crippen LogP contribution is 2.23. The van der Waals surface area contributed by atoms with Crippen LogP contribution in [0.2, 0.25) is 0 Å². The first-order chi connectivity index (χ1) is 8.42. The monoisotopic (exact) mass is 303 g/mol. The molecule has 98 valence electrons. The molecular formula is C11H13NO3S3. The molecule has 0 fully saturated rings. The van der Waals surface area contributed by atoms with Crippen LogP contribution in [0.4, 0.5) is 0 Å². The minimum absolute atomic E-state index is 0.0516. The summed E-state index contributed by atoms with van der Waals surface area (Å²) in [5.74, 6) is 0. The molecule has 0 spiro atoms. The molecule has 0 amide bonds. The molecule has 18 heavy (non-hydrogen) atoms. The van der Waals surface area contributed by atoms with E-state index in [-0.39, 0.29) is 10.8 Å². The van der Waals surface area contributed by atoms with Gasteiger partial charge in [0.05, 0.1) is 0 Å². The zero-order valence-electron chi connectivity index (χ0n) is 9.66. The molecule has 0 saturated carbocycles. The van der Waals surface area contributed by atoms with Crippen LogP contribution in [0.3, 0.4) is 0 Å². The molecule has 7 heteroatoms. The second-order valence-electron chi connectivity index (χ2n) is 4.04. The van der Waals surface area contributed by atoms with Crippen LogP contribution in [0.15, 0.2) is 38.5 Å². The van der Waals surface area contributed by atoms with Crippen LogP contribution in [0.1, 0.15) is 12.5 Å². The number of aliphatic hydroxyl groups is 1. The quantitative estimate of drug-likeness (QED) is 0.888. The topological polar surface area (TPSA) is 66.4 Å². The van der Waals surface area contributed by atoms with Crippen molar-refractivity contribution in [1.29, 1.82) is 0 Å². The standard InChI is InChI=1S/C11H13NO3S3/c1-11(13,9-4-6-16-7-9)8-12-18(14,15)10-3-2-5-17-10/h2-7,12-13H,8H2,1H3. The summed E-state index contributed by atoms with van der Waals surface area (Å²) < 4.78 is 26.5. The van der Waals surface area contributed by atoms with Crippen molar-refractivity contribution < 1.29 is 13.5 Å². The molecule has 2 rings (SSSR count). The number of hydrogen-bond donors (Lipinski definition) is 2. The molecular weight excluding hydrogens is 290 g/mol. The van der Waals surface area contributed by atoms with Crippen molar-refractivity contribution in [2.24, 2.45) is 0 Å². The molecule has 0 aliphatic heterocycles. The lowest BCUT2D eigenvalue weighted by molar-refractivity contribution is 0.0632. The van der Waals surface area contributed by atoms with E-state index in [1.165, 1.54) is 17.4 Å². The summed E-state index contributed by atoms with van der Waals surface area (Å²) in [5, 5.41) is 15.6. The van der Waals surface area contributed by atoms with Gasteiger partial charge < -0.3 is 5.11 Å². The average Bonchev–Trinajstić information content (AvgIpc) is 2.99. The normalized spacial score (nSPS) is 15.4. The van der Waals surface area contributed by atoms with Crippen LogP contribution < -0.4 is 4.72 Å². The Balaban J connectivity index is 2.09. The van der Waals surface area contributed by atoms with Gasteiger partial charge in [0.2, 0.25) is 10.0 Å². The Morgan fingerprint density at radius 1 is 1.39 bits per heavy atom. The predicted octanol–water partition coefficient (Wildman–Crippen LogP) is 2.00. The number of nitrogens with one attached hydrogen (secondary N) is 1. The molecule has 1 atom stereocenters. The van der Waals surface area contributed by atoms with Crippen LogP contribution in [-0.4, -0.2) is 20.1 Å². The van der Waals surface area contributed by atoms with Gasteiger partial charge in [-0.2, -0.15) is 11.3 Å². The lowest BCUT2D eigenvalue weighted by Gasteiger charge is -2.22. The molecule has 2 aromatic rings. The molecule has 1 unspecified atom stereocenters. The molecule has 2 N–H and O–H groups in total. The first kappa shape index (κ1) is 13.7. The highest BCUT2D eigenvalue weighted by molar-refractivity contribution is 7.91. The molecule has 4 nitrogen and oxygen atoms in total. The van der Waals surface area contributed by atoms with Gasteiger partial charge in [-0.25, -0.2) is 13.1 Å². The fourth-order valence-electron chi connectivity index (χ4n) is 1.40. The van der Waals surface area contributed by atoms with Crippen LogP contribution in [0.25, 0.3) is 0 Å². The summed E-state index contributed by atoms with van der Waals surface area (Å²) in [6.45, 7) is 1.54. The maximum absolute atomic E-state index is 11.9. The van der Waals surface area contributed by atoms with Gasteiger partial charge in [-0.15, -0.1) is 11.3 Å². The van der Waals surface area contributed by atoms with E-state index in [1.54, 1.807) is 29.8 Å². The minimum Gasteiger partial charge on any atom is -0.384 e. The van der Waals surface area contributed by atoms with Crippen LogP contribution in [0, 0.1) is 0 Å². The summed E-state index contributed by atoms with van der Waals surface area (Å²) in [6.07, 6.45) is 0. The largest absolute Gasteiger partial charge is 0.384 e. The minimum atomic E-state index is -3.53. The van der Waals surface area contributed by atoms with Crippen LogP contribution >= 0.6 is 22.7 Å². The first-order valence-corrected chi connectivity index (χ1v) is 8.51. The van der Waals surface area contributed by atoms with E-state index in [4.69, 9.17) is 0 Å². The van der Waals surface area contributed by atoms with E-state index < -0.39 is 15.6 Å². The van der Waals surface area contributed by atoms with Crippen molar-refractivity contribution in [3.63, 3.8) is 0 Å². The average molecular weight is 303 g/mol. The van der Waals surface area contributed by atoms with E-state index in [0.29, 0.717) is 5.56 Å². The van der Waals surface area contributed by atoms with Crippen molar-refractivity contribution >= 4 is 32.7 Å². The van der Waals surface area contributed by atoms with Gasteiger partial charge in [0, 0.05) is 6.54 Å². The summed E-state index contributed by atoms with van der Waals surface area (Å²) in [4.78, 5) is 0. The Morgan fingerprint density at radius 2 is 2.17 bits per heavy atom. The van der Waals surface area contributed by atoms with E-state index in [1.807, 2.05) is 5.38 Å². The zero-order chi connectivity index (χ0) is 13.2. The molecule has 0 aliphatic rings. The Bertz CT molecular complexity index is 586. The second kappa shape index (κ2) is 5.10. The smallest absolute Gasteiger partial charge is 0.250 e. The van der Waals surface area contributed by atoms with Gasteiger partial charge >= 0.3 is 0 Å². The molecule has 0 aliphatic carbocycles. The molecule has 0 radical (unpaired) electrons. The Labute approximate surface area is 114 Å². The summed E-state index contributed by atoms with van der Waals surface area (Å²) in [5.41, 5.74) is -0.494. The van der Waals surface area contributed by atoms with Crippen molar-refractivity contribution in [3.8, 4) is 0 Å². The lowest BCUT2D eigenvalue weighted by Crippen LogP contribution is -2.38. The molecule has 2 heterocycles. The van der Waals surface area contributed by atoms with Gasteiger partial charge in [0.15, 0.2) is 0 Å². The maximum Gasteiger partial charge on any atom is 0.250 e. The molecule has 0 saturated heterocycles. The van der Waals surface area contributed by atoms with Crippen molar-refractivity contribution in [1.82, 2.24) is 4.72 Å². The summed E-state index contributed by atoms with van der Waals surface area (Å²) in [7, 11) is -3.53. The van der Waals surface area contributed by atoms with E-state index in [2.05, 4.69) is 4.72 Å². The highest BCUT2D eigenvalue weighted by atomic mass is 32.2. The SMILES string of the molecule is CC(O)(CNS(=O)(=O)c1cccs1)c1ccsc1. The van der Waals surface area contributed by atoms with Crippen LogP contribution in [-0.2, 0) is 15.6 Å². The fraction of sp³-hybridized carbons (Fsp3) is 0.273. The predicted molar refractivity (Wildman–Crippen MR) is 73.4 cm³/mol. The number of thiophene rings is 2. The van der Waals surface area contributed by atoms with Crippen LogP contribution in [0.5, 0.6) is 0 Å². The summed E-state index contributed by atoms with van der Waals surface area (Å²) in [6, 6.07) is 4.99. The lowest BCUT2D eigenvalue weighted by atomic mass is 10.0. The third-order valence-electron chi connectivity index (χ3n) is 2.51. The fourth-order valence-corrected chi connectivity index (χ4v) is 4.35. The Hall–Kier alpha value is -0.730. The van der Waals surface area contributed by atoms with Gasteiger partial charge in [0.1, 0.15) is 9.81 Å². The highest BCUT2D eigenvalue weighted by Gasteiger charge is 2.26. The Morgan fingerprint density at radius 3 is 2.72 bits per heavy atom. The third-order valence-corrected chi connectivity index (χ3v) is 5.99. The molecule has 2 aromatic heterocycles. The van der Waals surface area contributed by atoms with E-state index in [9.17, 15) is 13.5 Å². The van der Waals surface area contributed by atoms with Gasteiger partial charge in [-0.1, -0.05) is 6.07 Å². The van der Waals surface area contributed by atoms with Gasteiger partial charge in [-0.3, -0.25) is 0 Å². The second-order valence-corrected chi connectivity index (χ2v) is 7.76. The summed E-state index contributed by atoms with van der Waals surface area (Å²) >= 11 is 2.61. The van der Waals surface area contributed by atoms with Gasteiger partial charge in [-0.05, 0) is 40.8 Å².